The van der Waals surface area contributed by atoms with Gasteiger partial charge >= 0.3 is 11.9 Å². The van der Waals surface area contributed by atoms with Crippen LogP contribution in [-0.4, -0.2) is 86.5 Å². The number of halogens is 1. The van der Waals surface area contributed by atoms with Gasteiger partial charge in [0.15, 0.2) is 10.8 Å². The molecule has 0 radical (unpaired) electrons. The number of nitrogens with zero attached hydrogens (tertiary/aromatic N) is 3. The highest BCUT2D eigenvalue weighted by molar-refractivity contribution is 8.00. The zero-order valence-corrected chi connectivity index (χ0v) is 20.6. The molecule has 0 bridgehead atoms. The standard InChI is InChI=1S/C19H20ClN5O8S2/c1-8(26)4-11(27)32-5-9-6-34-17-13(16(29)25(17)14(9)18(30)31)23-15(28)12(24-33-3-2-20)10-7-35-19(21)22-10/h7,13,17H,2-6H2,1H3,(H2,21,22)(H,23,28)(H,30,31)/b24-12-/t13-,17+/m1/s1. The summed E-state index contributed by atoms with van der Waals surface area (Å²) in [4.78, 5) is 70.3. The van der Waals surface area contributed by atoms with E-state index in [1.165, 1.54) is 24.1 Å². The van der Waals surface area contributed by atoms with E-state index in [0.29, 0.717) is 0 Å². The second-order valence-electron chi connectivity index (χ2n) is 7.19. The molecular weight excluding hydrogens is 526 g/mol. The Hall–Kier alpha value is -3.17. The van der Waals surface area contributed by atoms with Crippen molar-refractivity contribution in [3.63, 3.8) is 0 Å². The van der Waals surface area contributed by atoms with Gasteiger partial charge in [0.25, 0.3) is 11.8 Å². The summed E-state index contributed by atoms with van der Waals surface area (Å²) in [6.07, 6.45) is -0.439. The fourth-order valence-corrected chi connectivity index (χ4v) is 5.12. The van der Waals surface area contributed by atoms with Crippen LogP contribution in [0.4, 0.5) is 5.13 Å². The summed E-state index contributed by atoms with van der Waals surface area (Å²) in [7, 11) is 0. The Bertz CT molecular complexity index is 1120. The first-order chi connectivity index (χ1) is 16.6. The highest BCUT2D eigenvalue weighted by Gasteiger charge is 2.54. The van der Waals surface area contributed by atoms with Crippen LogP contribution in [0.1, 0.15) is 19.0 Å². The number of alkyl halides is 1. The molecule has 1 saturated heterocycles. The van der Waals surface area contributed by atoms with Crippen molar-refractivity contribution in [3.8, 4) is 0 Å². The number of nitrogen functional groups attached to an aromatic ring is 1. The molecule has 188 valence electrons. The Kier molecular flexibility index (Phi) is 8.69. The van der Waals surface area contributed by atoms with Gasteiger partial charge in [0.1, 0.15) is 48.2 Å². The van der Waals surface area contributed by atoms with Crippen LogP contribution in [0.5, 0.6) is 0 Å². The lowest BCUT2D eigenvalue weighted by atomic mass is 10.0. The number of carboxylic acid groups (broad SMARTS) is 1. The van der Waals surface area contributed by atoms with Crippen molar-refractivity contribution in [2.45, 2.75) is 24.8 Å². The number of aromatic nitrogens is 1. The van der Waals surface area contributed by atoms with E-state index in [4.69, 9.17) is 26.9 Å². The third-order valence-corrected chi connectivity index (χ3v) is 6.81. The predicted molar refractivity (Wildman–Crippen MR) is 126 cm³/mol. The summed E-state index contributed by atoms with van der Waals surface area (Å²) in [5, 5.41) is 16.9. The highest BCUT2D eigenvalue weighted by Crippen LogP contribution is 2.40. The molecule has 1 aromatic rings. The molecule has 1 fully saturated rings. The van der Waals surface area contributed by atoms with Crippen LogP contribution >= 0.6 is 34.7 Å². The monoisotopic (exact) mass is 545 g/mol. The lowest BCUT2D eigenvalue weighted by molar-refractivity contribution is -0.150. The van der Waals surface area contributed by atoms with Gasteiger partial charge in [0.05, 0.1) is 5.88 Å². The minimum Gasteiger partial charge on any atom is -0.477 e. The summed E-state index contributed by atoms with van der Waals surface area (Å²) in [5.74, 6) is -3.77. The third kappa shape index (κ3) is 6.10. The molecule has 4 N–H and O–H groups in total. The van der Waals surface area contributed by atoms with Crippen LogP contribution in [0.3, 0.4) is 0 Å². The van der Waals surface area contributed by atoms with Crippen LogP contribution in [0.2, 0.25) is 0 Å². The molecule has 0 spiro atoms. The van der Waals surface area contributed by atoms with Gasteiger partial charge in [-0.25, -0.2) is 9.78 Å². The normalized spacial score (nSPS) is 19.5. The number of hydrogen-bond acceptors (Lipinski definition) is 12. The number of aliphatic carboxylic acids is 1. The number of ether oxygens (including phenoxy) is 1. The fraction of sp³-hybridized carbons (Fsp3) is 0.421. The Labute approximate surface area is 211 Å². The van der Waals surface area contributed by atoms with E-state index in [0.717, 1.165) is 16.2 Å². The van der Waals surface area contributed by atoms with E-state index in [2.05, 4.69) is 15.5 Å². The maximum atomic E-state index is 12.9. The van der Waals surface area contributed by atoms with Crippen molar-refractivity contribution in [2.75, 3.05) is 30.6 Å². The summed E-state index contributed by atoms with van der Waals surface area (Å²) >= 11 is 7.83. The topological polar surface area (TPSA) is 191 Å². The van der Waals surface area contributed by atoms with Crippen LogP contribution < -0.4 is 11.1 Å². The lowest BCUT2D eigenvalue weighted by Gasteiger charge is -2.49. The Morgan fingerprint density at radius 3 is 2.74 bits per heavy atom. The molecule has 2 amide bonds. The van der Waals surface area contributed by atoms with Gasteiger partial charge < -0.3 is 25.7 Å². The molecule has 2 aliphatic rings. The van der Waals surface area contributed by atoms with Crippen LogP contribution in [-0.2, 0) is 33.5 Å². The number of oxime groups is 1. The first kappa shape index (κ1) is 26.4. The number of carbonyl (C=O) groups excluding carboxylic acids is 4. The Morgan fingerprint density at radius 2 is 2.14 bits per heavy atom. The number of nitrogens with two attached hydrogens (primary N) is 1. The first-order valence-corrected chi connectivity index (χ1v) is 12.4. The Balaban J connectivity index is 1.74. The number of ketones is 1. The number of rotatable bonds is 11. The predicted octanol–water partition coefficient (Wildman–Crippen LogP) is -0.0543. The average molecular weight is 546 g/mol. The number of amides is 2. The second kappa shape index (κ2) is 11.5. The number of β-lactam (4-membered cyclic amide) rings is 1. The van der Waals surface area contributed by atoms with Crippen molar-refractivity contribution in [1.82, 2.24) is 15.2 Å². The van der Waals surface area contributed by atoms with E-state index >= 15 is 0 Å². The molecular formula is C19H20ClN5O8S2. The number of anilines is 1. The number of esters is 1. The molecule has 3 rings (SSSR count). The van der Waals surface area contributed by atoms with Crippen molar-refractivity contribution in [3.05, 3.63) is 22.3 Å². The molecule has 13 nitrogen and oxygen atoms in total. The van der Waals surface area contributed by atoms with Crippen molar-refractivity contribution < 1.29 is 38.7 Å². The zero-order chi connectivity index (χ0) is 25.7. The minimum atomic E-state index is -1.39. The quantitative estimate of drug-likeness (QED) is 0.0642. The van der Waals surface area contributed by atoms with Crippen LogP contribution in [0.15, 0.2) is 21.8 Å². The van der Waals surface area contributed by atoms with E-state index < -0.39 is 47.4 Å². The van der Waals surface area contributed by atoms with Crippen molar-refractivity contribution in [1.29, 1.82) is 0 Å². The molecule has 0 aliphatic carbocycles. The molecule has 16 heteroatoms. The maximum Gasteiger partial charge on any atom is 0.352 e. The summed E-state index contributed by atoms with van der Waals surface area (Å²) in [6.45, 7) is 0.869. The highest BCUT2D eigenvalue weighted by atomic mass is 35.5. The fourth-order valence-electron chi connectivity index (χ4n) is 3.17. The minimum absolute atomic E-state index is 0.0269. The summed E-state index contributed by atoms with van der Waals surface area (Å²) in [6, 6.07) is -1.04. The van der Waals surface area contributed by atoms with E-state index in [1.54, 1.807) is 0 Å². The van der Waals surface area contributed by atoms with Gasteiger partial charge in [-0.1, -0.05) is 5.16 Å². The number of hydrogen-bond donors (Lipinski definition) is 3. The van der Waals surface area contributed by atoms with Gasteiger partial charge in [-0.3, -0.25) is 24.1 Å². The van der Waals surface area contributed by atoms with Crippen molar-refractivity contribution in [2.24, 2.45) is 5.16 Å². The van der Waals surface area contributed by atoms with Gasteiger partial charge in [-0.15, -0.1) is 34.7 Å². The number of thiazole rings is 1. The third-order valence-electron chi connectivity index (χ3n) is 4.64. The smallest absolute Gasteiger partial charge is 0.352 e. The zero-order valence-electron chi connectivity index (χ0n) is 18.2. The Morgan fingerprint density at radius 1 is 1.40 bits per heavy atom. The molecule has 35 heavy (non-hydrogen) atoms. The molecule has 1 aromatic heterocycles. The lowest BCUT2D eigenvalue weighted by Crippen LogP contribution is -2.71. The van der Waals surface area contributed by atoms with Gasteiger partial charge in [-0.05, 0) is 6.92 Å². The summed E-state index contributed by atoms with van der Waals surface area (Å²) < 4.78 is 4.98. The number of thioether (sulfide) groups is 1. The molecule has 3 heterocycles. The molecule has 2 aliphatic heterocycles. The van der Waals surface area contributed by atoms with Crippen molar-refractivity contribution >= 4 is 75.1 Å². The largest absolute Gasteiger partial charge is 0.477 e. The van der Waals surface area contributed by atoms with Crippen LogP contribution in [0.25, 0.3) is 0 Å². The van der Waals surface area contributed by atoms with Crippen LogP contribution in [0, 0.1) is 0 Å². The SMILES string of the molecule is CC(=O)CC(=O)OCC1=C(C(=O)O)N2C(=O)[C@@H](NC(=O)/C(=N\OCCCl)c3csc(N)n3)[C@@H]2SC1. The number of nitrogens with one attached hydrogen (secondary N) is 1. The maximum absolute atomic E-state index is 12.9. The molecule has 0 saturated carbocycles. The number of fused-ring (bicyclic) bond motifs is 1. The molecule has 0 aromatic carbocycles. The van der Waals surface area contributed by atoms with E-state index in [-0.39, 0.29) is 52.7 Å². The number of Topliss-reactive ketones (excluding diaryl/α,β-unsaturated/α-hetero) is 1. The van der Waals surface area contributed by atoms with E-state index in [9.17, 15) is 29.1 Å². The number of carboxylic acids is 1. The first-order valence-electron chi connectivity index (χ1n) is 9.97. The number of carbonyl (C=O) groups is 5. The average Bonchev–Trinajstić information content (AvgIpc) is 3.23. The van der Waals surface area contributed by atoms with Gasteiger partial charge in [-0.2, -0.15) is 0 Å². The molecule has 2 atom stereocenters. The molecule has 0 unspecified atom stereocenters. The van der Waals surface area contributed by atoms with Gasteiger partial charge in [0, 0.05) is 16.7 Å². The second-order valence-corrected chi connectivity index (χ2v) is 9.56. The van der Waals surface area contributed by atoms with Gasteiger partial charge in [0.2, 0.25) is 0 Å². The van der Waals surface area contributed by atoms with E-state index in [1.807, 2.05) is 0 Å². The summed E-state index contributed by atoms with van der Waals surface area (Å²) in [5.41, 5.74) is 5.42.